The molecule has 16 N–H and O–H groups in total. The number of aliphatic imine (C=N–C) groups is 1. The lowest BCUT2D eigenvalue weighted by Gasteiger charge is -2.27. The van der Waals surface area contributed by atoms with Crippen LogP contribution in [0.2, 0.25) is 0 Å². The van der Waals surface area contributed by atoms with Gasteiger partial charge in [-0.15, -0.1) is 0 Å². The number of amides is 10. The molecule has 24 heteroatoms. The van der Waals surface area contributed by atoms with Gasteiger partial charge in [-0.3, -0.25) is 48.6 Å². The van der Waals surface area contributed by atoms with E-state index in [-0.39, 0.29) is 74.5 Å². The van der Waals surface area contributed by atoms with Gasteiger partial charge >= 0.3 is 6.03 Å². The van der Waals surface area contributed by atoms with E-state index in [4.69, 9.17) is 22.4 Å². The van der Waals surface area contributed by atoms with Gasteiger partial charge in [-0.05, 0) is 63.2 Å². The van der Waals surface area contributed by atoms with Crippen molar-refractivity contribution in [2.45, 2.75) is 140 Å². The summed E-state index contributed by atoms with van der Waals surface area (Å²) in [6, 6.07) is -3.15. The summed E-state index contributed by atoms with van der Waals surface area (Å²) in [6.45, 7) is 6.65. The highest BCUT2D eigenvalue weighted by Crippen LogP contribution is 2.33. The number of hydrogen-bond acceptors (Lipinski definition) is 12. The first-order chi connectivity index (χ1) is 30.3. The van der Waals surface area contributed by atoms with Gasteiger partial charge in [0.25, 0.3) is 0 Å². The first kappa shape index (κ1) is 54.7. The number of carbonyl (C=O) groups excluding carboxylic acids is 9. The van der Waals surface area contributed by atoms with E-state index in [2.05, 4.69) is 47.5 Å². The van der Waals surface area contributed by atoms with Crippen LogP contribution in [0.5, 0.6) is 0 Å². The van der Waals surface area contributed by atoms with Crippen molar-refractivity contribution < 1.29 is 48.4 Å². The van der Waals surface area contributed by atoms with Gasteiger partial charge < -0.3 is 59.7 Å². The van der Waals surface area contributed by atoms with Crippen LogP contribution in [0.25, 0.3) is 0 Å². The molecule has 2 aliphatic heterocycles. The third-order valence-electron chi connectivity index (χ3n) is 10.9. The lowest BCUT2D eigenvalue weighted by molar-refractivity contribution is -0.137. The van der Waals surface area contributed by atoms with Gasteiger partial charge in [0, 0.05) is 42.9 Å². The maximum Gasteiger partial charge on any atom is 0.315 e. The Labute approximate surface area is 378 Å². The van der Waals surface area contributed by atoms with Crippen LogP contribution in [-0.4, -0.2) is 132 Å². The quantitative estimate of drug-likeness (QED) is 0.00881. The molecule has 1 unspecified atom stereocenters. The summed E-state index contributed by atoms with van der Waals surface area (Å²) >= 11 is 1.83. The fourth-order valence-electron chi connectivity index (χ4n) is 7.25. The van der Waals surface area contributed by atoms with Crippen LogP contribution in [-0.2, 0) is 38.4 Å². The van der Waals surface area contributed by atoms with Crippen LogP contribution in [0, 0.1) is 17.8 Å². The summed E-state index contributed by atoms with van der Waals surface area (Å²) in [7, 11) is 0. The molecule has 2 saturated heterocycles. The van der Waals surface area contributed by atoms with Crippen molar-refractivity contribution in [3.05, 3.63) is 0 Å². The van der Waals surface area contributed by atoms with Crippen molar-refractivity contribution in [3.8, 4) is 0 Å². The van der Waals surface area contributed by atoms with Gasteiger partial charge in [0.2, 0.25) is 47.3 Å². The highest BCUT2D eigenvalue weighted by molar-refractivity contribution is 8.00. The Morgan fingerprint density at radius 3 is 2.14 bits per heavy atom. The highest BCUT2D eigenvalue weighted by Gasteiger charge is 2.42. The van der Waals surface area contributed by atoms with Crippen LogP contribution in [0.15, 0.2) is 4.99 Å². The molecule has 0 aliphatic carbocycles. The van der Waals surface area contributed by atoms with Crippen LogP contribution < -0.4 is 65.2 Å². The topological polar surface area (TPSA) is 373 Å². The largest absolute Gasteiger partial charge is 0.370 e. The molecule has 362 valence electrons. The number of nitrogens with one attached hydrogen (secondary N) is 9. The lowest BCUT2D eigenvalue weighted by Crippen LogP contribution is -2.57. The molecule has 10 amide bonds. The molecule has 0 aromatic rings. The number of unbranched alkanes of at least 4 members (excludes halogenated alkanes) is 2. The van der Waals surface area contributed by atoms with Crippen molar-refractivity contribution in [1.29, 1.82) is 0 Å². The van der Waals surface area contributed by atoms with E-state index in [0.29, 0.717) is 37.5 Å². The predicted molar refractivity (Wildman–Crippen MR) is 239 cm³/mol. The number of urea groups is 1. The van der Waals surface area contributed by atoms with Gasteiger partial charge in [0.1, 0.15) is 18.1 Å². The van der Waals surface area contributed by atoms with Crippen LogP contribution >= 0.6 is 11.8 Å². The van der Waals surface area contributed by atoms with E-state index in [1.165, 1.54) is 5.48 Å². The number of hydroxylamine groups is 1. The number of thioether (sulfide) groups is 1. The number of nitrogens with zero attached hydrogens (tertiary/aromatic N) is 1. The number of primary amides is 1. The molecule has 23 nitrogen and oxygen atoms in total. The van der Waals surface area contributed by atoms with Crippen LogP contribution in [0.1, 0.15) is 105 Å². The summed E-state index contributed by atoms with van der Waals surface area (Å²) in [5, 5.41) is 30.8. The molecular formula is C40H71N13O10S. The number of nitrogens with two attached hydrogens (primary N) is 3. The SMILES string of the molecule is CC[C@H](C)[C@H](NC(=O)[C@H](CCCN=C(N)N)NC(=O)C(CC(=O)NO)CC(C)C)C(=O)NCC(=O)NCC(=O)N[C@@H](CCCCNC(=O)CCCC[C@@H]1SC[C@@H]2NC(=O)N[C@@H]21)C(N)=O. The van der Waals surface area contributed by atoms with Crippen LogP contribution in [0.4, 0.5) is 4.79 Å². The Morgan fingerprint density at radius 2 is 1.48 bits per heavy atom. The Kier molecular flexibility index (Phi) is 24.9. The van der Waals surface area contributed by atoms with Crippen molar-refractivity contribution >= 4 is 71.0 Å². The Hall–Kier alpha value is -5.39. The van der Waals surface area contributed by atoms with Crippen molar-refractivity contribution in [1.82, 2.24) is 48.0 Å². The number of guanidine groups is 1. The summed E-state index contributed by atoms with van der Waals surface area (Å²) in [4.78, 5) is 117. The molecule has 0 bridgehead atoms. The minimum atomic E-state index is -1.17. The zero-order valence-corrected chi connectivity index (χ0v) is 38.2. The lowest BCUT2D eigenvalue weighted by atomic mass is 9.92. The number of fused-ring (bicyclic) bond motifs is 1. The van der Waals surface area contributed by atoms with Crippen LogP contribution in [0.3, 0.4) is 0 Å². The van der Waals surface area contributed by atoms with Gasteiger partial charge in [0.15, 0.2) is 5.96 Å². The summed E-state index contributed by atoms with van der Waals surface area (Å²) < 4.78 is 0. The van der Waals surface area contributed by atoms with Crippen molar-refractivity contribution in [2.24, 2.45) is 39.9 Å². The van der Waals surface area contributed by atoms with E-state index in [9.17, 15) is 43.2 Å². The Morgan fingerprint density at radius 1 is 0.781 bits per heavy atom. The second-order valence-corrected chi connectivity index (χ2v) is 17.9. The predicted octanol–water partition coefficient (Wildman–Crippen LogP) is -2.17. The third kappa shape index (κ3) is 20.9. The molecule has 2 heterocycles. The van der Waals surface area contributed by atoms with Gasteiger partial charge in [-0.2, -0.15) is 11.8 Å². The molecule has 0 spiro atoms. The van der Waals surface area contributed by atoms with E-state index < -0.39 is 84.4 Å². The smallest absolute Gasteiger partial charge is 0.315 e. The molecule has 0 aromatic heterocycles. The summed E-state index contributed by atoms with van der Waals surface area (Å²) in [6.07, 6.45) is 4.81. The molecule has 0 saturated carbocycles. The second-order valence-electron chi connectivity index (χ2n) is 16.7. The first-order valence-electron chi connectivity index (χ1n) is 22.0. The third-order valence-corrected chi connectivity index (χ3v) is 12.4. The molecule has 2 fully saturated rings. The maximum atomic E-state index is 13.7. The minimum absolute atomic E-state index is 0.00251. The molecule has 8 atom stereocenters. The highest BCUT2D eigenvalue weighted by atomic mass is 32.2. The van der Waals surface area contributed by atoms with Gasteiger partial charge in [0.05, 0.1) is 25.2 Å². The molecule has 0 radical (unpaired) electrons. The molecule has 0 aromatic carbocycles. The first-order valence-corrected chi connectivity index (χ1v) is 23.1. The van der Waals surface area contributed by atoms with Gasteiger partial charge in [-0.1, -0.05) is 40.5 Å². The zero-order valence-electron chi connectivity index (χ0n) is 37.4. The summed E-state index contributed by atoms with van der Waals surface area (Å²) in [5.41, 5.74) is 17.8. The van der Waals surface area contributed by atoms with Crippen molar-refractivity contribution in [2.75, 3.05) is 31.9 Å². The second kappa shape index (κ2) is 29.1. The van der Waals surface area contributed by atoms with Gasteiger partial charge in [-0.25, -0.2) is 10.3 Å². The maximum absolute atomic E-state index is 13.7. The average Bonchev–Trinajstić information content (AvgIpc) is 3.80. The number of rotatable bonds is 31. The van der Waals surface area contributed by atoms with E-state index in [1.807, 2.05) is 25.6 Å². The molecule has 64 heavy (non-hydrogen) atoms. The molecule has 2 rings (SSSR count). The summed E-state index contributed by atoms with van der Waals surface area (Å²) in [5.74, 6) is -5.65. The zero-order chi connectivity index (χ0) is 47.8. The Bertz CT molecular complexity index is 1630. The minimum Gasteiger partial charge on any atom is -0.370 e. The fraction of sp³-hybridized carbons (Fsp3) is 0.750. The standard InChI is InChI=1S/C40H71N13O10S/c1-5-23(4)33(51-37(60)26(12-10-16-45-39(42)43)49-36(59)24(17-22(2)3)18-30(55)53-63)38(61)47-19-31(56)46-20-32(57)48-25(35(41)58)11-8-9-15-44-29(54)14-7-6-13-28-34-27(21-64-28)50-40(62)52-34/h22-28,33-34,63H,5-21H2,1-4H3,(H2,41,58)(H,44,54)(H,46,56)(H,47,61)(H,48,57)(H,49,59)(H,51,60)(H,53,55)(H4,42,43,45)(H2,50,52,62)/t23-,24?,25-,26-,27-,28-,33-,34-/m0/s1. The fourth-order valence-corrected chi connectivity index (χ4v) is 8.80. The molecule has 2 aliphatic rings. The number of hydrogen-bond donors (Lipinski definition) is 13. The van der Waals surface area contributed by atoms with E-state index in [1.54, 1.807) is 13.8 Å². The van der Waals surface area contributed by atoms with E-state index in [0.717, 1.165) is 25.0 Å². The number of carbonyl (C=O) groups is 9. The van der Waals surface area contributed by atoms with E-state index >= 15 is 0 Å². The monoisotopic (exact) mass is 926 g/mol. The van der Waals surface area contributed by atoms with Crippen molar-refractivity contribution in [3.63, 3.8) is 0 Å². The molecular weight excluding hydrogens is 855 g/mol. The Balaban J connectivity index is 1.81. The average molecular weight is 926 g/mol. The normalized spacial score (nSPS) is 18.7.